The summed E-state index contributed by atoms with van der Waals surface area (Å²) in [7, 11) is 2.02. The Morgan fingerprint density at radius 1 is 0.870 bits per heavy atom. The zero-order valence-corrected chi connectivity index (χ0v) is 13.7. The van der Waals surface area contributed by atoms with Gasteiger partial charge in [0.25, 0.3) is 0 Å². The predicted molar refractivity (Wildman–Crippen MR) is 90.6 cm³/mol. The lowest BCUT2D eigenvalue weighted by Crippen LogP contribution is -2.49. The summed E-state index contributed by atoms with van der Waals surface area (Å²) in [4.78, 5) is 18.9. The highest BCUT2D eigenvalue weighted by molar-refractivity contribution is 5.81. The van der Waals surface area contributed by atoms with Gasteiger partial charge in [0, 0.05) is 12.8 Å². The van der Waals surface area contributed by atoms with Crippen LogP contribution in [0.2, 0.25) is 0 Å². The van der Waals surface area contributed by atoms with Crippen LogP contribution in [0.5, 0.6) is 0 Å². The fraction of sp³-hybridized carbons (Fsp3) is 0.350. The van der Waals surface area contributed by atoms with Gasteiger partial charge in [0.05, 0.1) is 0 Å². The molecule has 3 nitrogen and oxygen atoms in total. The molecule has 1 heterocycles. The summed E-state index contributed by atoms with van der Waals surface area (Å²) < 4.78 is 0.398. The van der Waals surface area contributed by atoms with Crippen molar-refractivity contribution in [2.75, 3.05) is 20.1 Å². The van der Waals surface area contributed by atoms with E-state index in [1.807, 2.05) is 67.7 Å². The van der Waals surface area contributed by atoms with E-state index in [1.165, 1.54) is 6.42 Å². The molecule has 0 aromatic heterocycles. The number of rotatable bonds is 4. The zero-order valence-electron chi connectivity index (χ0n) is 13.7. The summed E-state index contributed by atoms with van der Waals surface area (Å²) in [5.41, 5.74) is 1.96. The first-order valence-electron chi connectivity index (χ1n) is 8.36. The minimum Gasteiger partial charge on any atom is -0.276 e. The van der Waals surface area contributed by atoms with Crippen molar-refractivity contribution in [1.82, 2.24) is 0 Å². The molecule has 0 atom stereocenters. The maximum absolute atomic E-state index is 13.0. The van der Waals surface area contributed by atoms with Crippen LogP contribution >= 0.6 is 0 Å². The Bertz CT molecular complexity index is 594. The molecule has 1 fully saturated rings. The van der Waals surface area contributed by atoms with E-state index in [-0.39, 0.29) is 11.9 Å². The number of nitrogens with zero attached hydrogens (tertiary/aromatic N) is 1. The molecule has 23 heavy (non-hydrogen) atoms. The summed E-state index contributed by atoms with van der Waals surface area (Å²) in [5.74, 6) is -0.527. The molecule has 120 valence electrons. The minimum atomic E-state index is -0.366. The fourth-order valence-corrected chi connectivity index (χ4v) is 3.30. The van der Waals surface area contributed by atoms with Crippen LogP contribution in [0.25, 0.3) is 0 Å². The third kappa shape index (κ3) is 3.80. The molecule has 1 saturated heterocycles. The largest absolute Gasteiger partial charge is 0.378 e. The van der Waals surface area contributed by atoms with Crippen molar-refractivity contribution in [2.45, 2.75) is 25.2 Å². The van der Waals surface area contributed by atoms with Crippen molar-refractivity contribution in [2.24, 2.45) is 0 Å². The lowest BCUT2D eigenvalue weighted by molar-refractivity contribution is -1.08. The molecule has 1 aliphatic rings. The molecule has 1 aliphatic heterocycles. The van der Waals surface area contributed by atoms with E-state index in [9.17, 15) is 4.79 Å². The molecular weight excluding hydrogens is 286 g/mol. The number of hydroxylamine groups is 3. The van der Waals surface area contributed by atoms with Crippen LogP contribution in [0.3, 0.4) is 0 Å². The molecule has 0 saturated carbocycles. The summed E-state index contributed by atoms with van der Waals surface area (Å²) >= 11 is 0. The Kier molecular flexibility index (Phi) is 4.77. The van der Waals surface area contributed by atoms with E-state index < -0.39 is 0 Å². The van der Waals surface area contributed by atoms with Crippen LogP contribution < -0.4 is 0 Å². The normalized spacial score (nSPS) is 17.0. The number of carbonyl (C=O) groups excluding carboxylic acids is 1. The van der Waals surface area contributed by atoms with E-state index in [4.69, 9.17) is 4.84 Å². The van der Waals surface area contributed by atoms with Crippen molar-refractivity contribution in [3.63, 3.8) is 0 Å². The first-order chi connectivity index (χ1) is 11.2. The molecule has 0 unspecified atom stereocenters. The Labute approximate surface area is 138 Å². The van der Waals surface area contributed by atoms with Gasteiger partial charge in [-0.1, -0.05) is 60.7 Å². The number of carbonyl (C=O) groups is 1. The quantitative estimate of drug-likeness (QED) is 0.800. The van der Waals surface area contributed by atoms with Crippen LogP contribution in [0.15, 0.2) is 60.7 Å². The summed E-state index contributed by atoms with van der Waals surface area (Å²) in [6, 6.07) is 19.8. The number of likely N-dealkylation sites (tertiary alicyclic amines) is 1. The maximum atomic E-state index is 13.0. The van der Waals surface area contributed by atoms with Crippen molar-refractivity contribution in [3.05, 3.63) is 71.8 Å². The van der Waals surface area contributed by atoms with Crippen molar-refractivity contribution in [1.29, 1.82) is 0 Å². The first kappa shape index (κ1) is 15.8. The standard InChI is InChI=1S/C20H24NO2/c1-21(15-9-4-10-16-21)23-20(22)19(17-11-5-2-6-12-17)18-13-7-3-8-14-18/h2-3,5-8,11-14,19H,4,9-10,15-16H2,1H3/q+1. The fourth-order valence-electron chi connectivity index (χ4n) is 3.30. The highest BCUT2D eigenvalue weighted by Gasteiger charge is 2.35. The van der Waals surface area contributed by atoms with Crippen LogP contribution in [-0.2, 0) is 9.63 Å². The van der Waals surface area contributed by atoms with Gasteiger partial charge in [-0.05, 0) is 17.5 Å². The van der Waals surface area contributed by atoms with E-state index in [0.717, 1.165) is 37.1 Å². The number of piperidine rings is 1. The number of quaternary nitrogens is 1. The van der Waals surface area contributed by atoms with Gasteiger partial charge in [-0.2, -0.15) is 0 Å². The lowest BCUT2D eigenvalue weighted by atomic mass is 9.91. The van der Waals surface area contributed by atoms with Gasteiger partial charge >= 0.3 is 5.97 Å². The molecule has 0 N–H and O–H groups in total. The van der Waals surface area contributed by atoms with Crippen LogP contribution in [0.1, 0.15) is 36.3 Å². The zero-order chi connectivity index (χ0) is 16.1. The van der Waals surface area contributed by atoms with E-state index in [2.05, 4.69) is 0 Å². The molecule has 2 aromatic rings. The molecule has 0 amide bonds. The molecule has 0 radical (unpaired) electrons. The van der Waals surface area contributed by atoms with Gasteiger partial charge in [0.2, 0.25) is 0 Å². The Morgan fingerprint density at radius 2 is 1.35 bits per heavy atom. The monoisotopic (exact) mass is 310 g/mol. The number of hydrogen-bond donors (Lipinski definition) is 0. The van der Waals surface area contributed by atoms with Gasteiger partial charge in [0.15, 0.2) is 0 Å². The highest BCUT2D eigenvalue weighted by atomic mass is 16.7. The number of hydrogen-bond acceptors (Lipinski definition) is 2. The summed E-state index contributed by atoms with van der Waals surface area (Å²) in [6.07, 6.45) is 3.46. The molecule has 0 aliphatic carbocycles. The smallest absolute Gasteiger partial charge is 0.276 e. The Hall–Kier alpha value is -2.13. The van der Waals surface area contributed by atoms with Crippen molar-refractivity contribution in [3.8, 4) is 0 Å². The third-order valence-corrected chi connectivity index (χ3v) is 4.57. The number of benzene rings is 2. The van der Waals surface area contributed by atoms with Gasteiger partial charge < -0.3 is 0 Å². The average Bonchev–Trinajstić information content (AvgIpc) is 2.57. The molecule has 0 bridgehead atoms. The molecule has 0 spiro atoms. The van der Waals surface area contributed by atoms with E-state index >= 15 is 0 Å². The first-order valence-corrected chi connectivity index (χ1v) is 8.36. The molecular formula is C20H24NO2+. The summed E-state index contributed by atoms with van der Waals surface area (Å²) in [5, 5.41) is 0. The lowest BCUT2D eigenvalue weighted by Gasteiger charge is -2.34. The molecule has 2 aromatic carbocycles. The Balaban J connectivity index is 1.88. The predicted octanol–water partition coefficient (Wildman–Crippen LogP) is 3.91. The maximum Gasteiger partial charge on any atom is 0.378 e. The van der Waals surface area contributed by atoms with Crippen molar-refractivity contribution < 1.29 is 14.3 Å². The summed E-state index contributed by atoms with van der Waals surface area (Å²) in [6.45, 7) is 1.81. The topological polar surface area (TPSA) is 26.3 Å². The second-order valence-corrected chi connectivity index (χ2v) is 6.47. The molecule has 3 rings (SSSR count). The van der Waals surface area contributed by atoms with Gasteiger partial charge in [-0.3, -0.25) is 4.84 Å². The van der Waals surface area contributed by atoms with Gasteiger partial charge in [0.1, 0.15) is 26.1 Å². The SMILES string of the molecule is C[N+]1(OC(=O)C(c2ccccc2)c2ccccc2)CCCCC1. The van der Waals surface area contributed by atoms with Crippen LogP contribution in [0.4, 0.5) is 0 Å². The second kappa shape index (κ2) is 6.97. The second-order valence-electron chi connectivity index (χ2n) is 6.47. The van der Waals surface area contributed by atoms with Crippen LogP contribution in [-0.4, -0.2) is 30.8 Å². The van der Waals surface area contributed by atoms with Gasteiger partial charge in [-0.25, -0.2) is 4.79 Å². The highest BCUT2D eigenvalue weighted by Crippen LogP contribution is 2.28. The third-order valence-electron chi connectivity index (χ3n) is 4.57. The van der Waals surface area contributed by atoms with Gasteiger partial charge in [-0.15, -0.1) is 4.65 Å². The minimum absolute atomic E-state index is 0.160. The van der Waals surface area contributed by atoms with Crippen LogP contribution in [0, 0.1) is 0 Å². The van der Waals surface area contributed by atoms with E-state index in [1.54, 1.807) is 0 Å². The average molecular weight is 310 g/mol. The Morgan fingerprint density at radius 3 is 1.83 bits per heavy atom. The van der Waals surface area contributed by atoms with Crippen molar-refractivity contribution >= 4 is 5.97 Å². The molecule has 3 heteroatoms. The van der Waals surface area contributed by atoms with E-state index in [0.29, 0.717) is 4.65 Å².